The predicted octanol–water partition coefficient (Wildman–Crippen LogP) is 3.12. The molecule has 0 aliphatic rings. The third kappa shape index (κ3) is 3.91. The van der Waals surface area contributed by atoms with Gasteiger partial charge in [0.15, 0.2) is 0 Å². The number of nitrogens with zero attached hydrogens (tertiary/aromatic N) is 1. The Balaban J connectivity index is 1.97. The van der Waals surface area contributed by atoms with Crippen LogP contribution in [0.5, 0.6) is 0 Å². The maximum atomic E-state index is 9.03. The first-order valence-corrected chi connectivity index (χ1v) is 6.61. The highest BCUT2D eigenvalue weighted by molar-refractivity contribution is 5.26. The van der Waals surface area contributed by atoms with Crippen LogP contribution in [0.15, 0.2) is 48.5 Å². The molecule has 0 atom stereocenters. The van der Waals surface area contributed by atoms with Gasteiger partial charge in [-0.3, -0.25) is 4.90 Å². The van der Waals surface area contributed by atoms with Gasteiger partial charge >= 0.3 is 0 Å². The van der Waals surface area contributed by atoms with Crippen molar-refractivity contribution in [1.29, 1.82) is 0 Å². The summed E-state index contributed by atoms with van der Waals surface area (Å²) in [5.74, 6) is 0. The summed E-state index contributed by atoms with van der Waals surface area (Å²) in [5.41, 5.74) is 4.94. The van der Waals surface area contributed by atoms with Crippen molar-refractivity contribution < 1.29 is 5.11 Å². The highest BCUT2D eigenvalue weighted by atomic mass is 16.3. The van der Waals surface area contributed by atoms with E-state index in [0.717, 1.165) is 18.7 Å². The maximum absolute atomic E-state index is 9.03. The third-order valence-corrected chi connectivity index (χ3v) is 3.36. The molecule has 0 aliphatic heterocycles. The Morgan fingerprint density at radius 2 is 1.53 bits per heavy atom. The van der Waals surface area contributed by atoms with Gasteiger partial charge in [0.2, 0.25) is 0 Å². The van der Waals surface area contributed by atoms with Gasteiger partial charge in [0.25, 0.3) is 0 Å². The summed E-state index contributed by atoms with van der Waals surface area (Å²) in [6.07, 6.45) is 0. The lowest BCUT2D eigenvalue weighted by atomic mass is 10.1. The van der Waals surface area contributed by atoms with E-state index in [4.69, 9.17) is 5.11 Å². The van der Waals surface area contributed by atoms with Gasteiger partial charge in [-0.1, -0.05) is 48.5 Å². The van der Waals surface area contributed by atoms with Crippen LogP contribution in [-0.4, -0.2) is 17.1 Å². The second-order valence-corrected chi connectivity index (χ2v) is 5.07. The summed E-state index contributed by atoms with van der Waals surface area (Å²) >= 11 is 0. The fourth-order valence-electron chi connectivity index (χ4n) is 2.20. The monoisotopic (exact) mass is 255 g/mol. The zero-order valence-corrected chi connectivity index (χ0v) is 11.6. The van der Waals surface area contributed by atoms with Gasteiger partial charge in [0, 0.05) is 13.1 Å². The molecule has 0 heterocycles. The molecular formula is C17H21NO. The first-order chi connectivity index (χ1) is 9.19. The lowest BCUT2D eigenvalue weighted by Gasteiger charge is -2.18. The number of benzene rings is 2. The van der Waals surface area contributed by atoms with Crippen LogP contribution in [0.1, 0.15) is 22.3 Å². The van der Waals surface area contributed by atoms with Crippen molar-refractivity contribution in [3.63, 3.8) is 0 Å². The number of aryl methyl sites for hydroxylation is 1. The van der Waals surface area contributed by atoms with Crippen molar-refractivity contribution in [1.82, 2.24) is 4.90 Å². The lowest BCUT2D eigenvalue weighted by molar-refractivity contribution is 0.281. The molecule has 0 bridgehead atoms. The molecule has 2 heteroatoms. The van der Waals surface area contributed by atoms with E-state index in [1.165, 1.54) is 16.7 Å². The SMILES string of the molecule is Cc1ccccc1CN(C)Cc1ccc(CO)cc1. The van der Waals surface area contributed by atoms with Gasteiger partial charge in [-0.25, -0.2) is 0 Å². The summed E-state index contributed by atoms with van der Waals surface area (Å²) < 4.78 is 0. The van der Waals surface area contributed by atoms with Gasteiger partial charge in [-0.15, -0.1) is 0 Å². The van der Waals surface area contributed by atoms with Crippen molar-refractivity contribution in [3.05, 3.63) is 70.8 Å². The predicted molar refractivity (Wildman–Crippen MR) is 78.7 cm³/mol. The Hall–Kier alpha value is -1.64. The molecule has 100 valence electrons. The first kappa shape index (κ1) is 13.8. The normalized spacial score (nSPS) is 10.9. The molecule has 2 aromatic carbocycles. The minimum Gasteiger partial charge on any atom is -0.392 e. The minimum absolute atomic E-state index is 0.110. The summed E-state index contributed by atoms with van der Waals surface area (Å²) in [7, 11) is 2.13. The number of aliphatic hydroxyl groups is 1. The Kier molecular flexibility index (Phi) is 4.72. The lowest BCUT2D eigenvalue weighted by Crippen LogP contribution is -2.17. The molecule has 1 N–H and O–H groups in total. The van der Waals surface area contributed by atoms with Gasteiger partial charge in [0.1, 0.15) is 0 Å². The number of aliphatic hydroxyl groups excluding tert-OH is 1. The molecule has 0 radical (unpaired) electrons. The highest BCUT2D eigenvalue weighted by Crippen LogP contribution is 2.12. The molecule has 2 rings (SSSR count). The van der Waals surface area contributed by atoms with Gasteiger partial charge in [0.05, 0.1) is 6.61 Å². The van der Waals surface area contributed by atoms with Crippen LogP contribution in [0.2, 0.25) is 0 Å². The van der Waals surface area contributed by atoms with Crippen molar-refractivity contribution in [2.24, 2.45) is 0 Å². The topological polar surface area (TPSA) is 23.5 Å². The average Bonchev–Trinajstić information content (AvgIpc) is 2.42. The molecule has 0 saturated carbocycles. The molecule has 0 spiro atoms. The molecule has 19 heavy (non-hydrogen) atoms. The summed E-state index contributed by atoms with van der Waals surface area (Å²) in [5, 5.41) is 9.03. The molecule has 0 fully saturated rings. The van der Waals surface area contributed by atoms with E-state index in [2.05, 4.69) is 55.3 Å². The van der Waals surface area contributed by atoms with Crippen LogP contribution >= 0.6 is 0 Å². The smallest absolute Gasteiger partial charge is 0.0681 e. The summed E-state index contributed by atoms with van der Waals surface area (Å²) in [4.78, 5) is 2.30. The summed E-state index contributed by atoms with van der Waals surface area (Å²) in [6.45, 7) is 4.13. The van der Waals surface area contributed by atoms with Crippen LogP contribution < -0.4 is 0 Å². The van der Waals surface area contributed by atoms with E-state index in [0.29, 0.717) is 0 Å². The van der Waals surface area contributed by atoms with Crippen molar-refractivity contribution in [3.8, 4) is 0 Å². The Labute approximate surface area is 115 Å². The molecule has 2 aromatic rings. The molecular weight excluding hydrogens is 234 g/mol. The van der Waals surface area contributed by atoms with Gasteiger partial charge < -0.3 is 5.11 Å². The fourth-order valence-corrected chi connectivity index (χ4v) is 2.20. The van der Waals surface area contributed by atoms with E-state index in [1.54, 1.807) is 0 Å². The highest BCUT2D eigenvalue weighted by Gasteiger charge is 2.04. The zero-order chi connectivity index (χ0) is 13.7. The van der Waals surface area contributed by atoms with E-state index >= 15 is 0 Å². The molecule has 2 nitrogen and oxygen atoms in total. The van der Waals surface area contributed by atoms with E-state index in [-0.39, 0.29) is 6.61 Å². The van der Waals surface area contributed by atoms with E-state index in [1.807, 2.05) is 12.1 Å². The maximum Gasteiger partial charge on any atom is 0.0681 e. The molecule has 0 aliphatic carbocycles. The minimum atomic E-state index is 0.110. The average molecular weight is 255 g/mol. The standard InChI is InChI=1S/C17H21NO/c1-14-5-3-4-6-17(14)12-18(2)11-15-7-9-16(13-19)10-8-15/h3-10,19H,11-13H2,1-2H3. The van der Waals surface area contributed by atoms with Crippen LogP contribution in [0.3, 0.4) is 0 Å². The van der Waals surface area contributed by atoms with E-state index in [9.17, 15) is 0 Å². The number of hydrogen-bond donors (Lipinski definition) is 1. The molecule has 0 unspecified atom stereocenters. The molecule has 0 amide bonds. The van der Waals surface area contributed by atoms with Crippen molar-refractivity contribution >= 4 is 0 Å². The third-order valence-electron chi connectivity index (χ3n) is 3.36. The zero-order valence-electron chi connectivity index (χ0n) is 11.6. The largest absolute Gasteiger partial charge is 0.392 e. The second kappa shape index (κ2) is 6.50. The van der Waals surface area contributed by atoms with Crippen molar-refractivity contribution in [2.45, 2.75) is 26.6 Å². The second-order valence-electron chi connectivity index (χ2n) is 5.07. The van der Waals surface area contributed by atoms with Crippen molar-refractivity contribution in [2.75, 3.05) is 7.05 Å². The Bertz CT molecular complexity index is 519. The number of hydrogen-bond acceptors (Lipinski definition) is 2. The quantitative estimate of drug-likeness (QED) is 0.887. The number of rotatable bonds is 5. The van der Waals surface area contributed by atoms with E-state index < -0.39 is 0 Å². The summed E-state index contributed by atoms with van der Waals surface area (Å²) in [6, 6.07) is 16.6. The molecule has 0 aromatic heterocycles. The van der Waals surface area contributed by atoms with Crippen LogP contribution in [-0.2, 0) is 19.7 Å². The van der Waals surface area contributed by atoms with Crippen LogP contribution in [0, 0.1) is 6.92 Å². The van der Waals surface area contributed by atoms with Gasteiger partial charge in [-0.2, -0.15) is 0 Å². The fraction of sp³-hybridized carbons (Fsp3) is 0.294. The van der Waals surface area contributed by atoms with Gasteiger partial charge in [-0.05, 0) is 36.2 Å². The van der Waals surface area contributed by atoms with Crippen LogP contribution in [0.25, 0.3) is 0 Å². The first-order valence-electron chi connectivity index (χ1n) is 6.61. The van der Waals surface area contributed by atoms with Crippen LogP contribution in [0.4, 0.5) is 0 Å². The molecule has 0 saturated heterocycles. The Morgan fingerprint density at radius 3 is 2.16 bits per heavy atom. The Morgan fingerprint density at radius 1 is 0.895 bits per heavy atom.